The van der Waals surface area contributed by atoms with Crippen molar-refractivity contribution in [2.24, 2.45) is 10.2 Å². The highest BCUT2D eigenvalue weighted by atomic mass is 35.5. The maximum Gasteiger partial charge on any atom is 0.363 e. The third-order valence-corrected chi connectivity index (χ3v) is 3.51. The molecule has 0 spiro atoms. The van der Waals surface area contributed by atoms with Gasteiger partial charge in [0.1, 0.15) is 13.1 Å². The molecule has 0 saturated heterocycles. The van der Waals surface area contributed by atoms with Gasteiger partial charge >= 0.3 is 5.97 Å². The number of aliphatic carboxylic acids is 1. The van der Waals surface area contributed by atoms with Gasteiger partial charge in [-0.15, -0.1) is 0 Å². The summed E-state index contributed by atoms with van der Waals surface area (Å²) in [6, 6.07) is 0.263. The molecular weight excluding hydrogens is 230 g/mol. The fourth-order valence-corrected chi connectivity index (χ4v) is 2.63. The van der Waals surface area contributed by atoms with Crippen molar-refractivity contribution in [2.75, 3.05) is 7.05 Å². The standard InChI is InChI=1S/C10H14ClN3O2/c1-14(7-5-3-2-4-6-7)12-8(10(15)16)9(11)13-14/h7H,2-6H2,1H3/p+1. The fraction of sp³-hybridized carbons (Fsp3) is 0.700. The van der Waals surface area contributed by atoms with Crippen LogP contribution in [0.15, 0.2) is 10.2 Å². The van der Waals surface area contributed by atoms with Crippen molar-refractivity contribution in [2.45, 2.75) is 38.1 Å². The molecular formula is C10H15ClN3O2+. The third-order valence-electron chi connectivity index (χ3n) is 3.26. The molecule has 0 aromatic carbocycles. The first-order valence-corrected chi connectivity index (χ1v) is 5.86. The van der Waals surface area contributed by atoms with Crippen LogP contribution in [0.3, 0.4) is 0 Å². The van der Waals surface area contributed by atoms with Crippen LogP contribution < -0.4 is 0 Å². The average Bonchev–Trinajstić information content (AvgIpc) is 2.57. The third kappa shape index (κ3) is 1.97. The van der Waals surface area contributed by atoms with Crippen molar-refractivity contribution in [1.29, 1.82) is 0 Å². The molecule has 2 rings (SSSR count). The van der Waals surface area contributed by atoms with Crippen LogP contribution in [0.1, 0.15) is 32.1 Å². The number of nitrogens with zero attached hydrogens (tertiary/aromatic N) is 3. The van der Waals surface area contributed by atoms with Crippen molar-refractivity contribution in [3.63, 3.8) is 0 Å². The first-order valence-electron chi connectivity index (χ1n) is 5.49. The lowest BCUT2D eigenvalue weighted by Crippen LogP contribution is -2.43. The average molecular weight is 245 g/mol. The van der Waals surface area contributed by atoms with E-state index in [9.17, 15) is 4.79 Å². The number of hydrogen-bond donors (Lipinski definition) is 1. The number of carboxylic acid groups (broad SMARTS) is 1. The van der Waals surface area contributed by atoms with Gasteiger partial charge in [-0.1, -0.05) is 22.7 Å². The van der Waals surface area contributed by atoms with Crippen LogP contribution >= 0.6 is 11.6 Å². The summed E-state index contributed by atoms with van der Waals surface area (Å²) in [5.74, 6) is -1.11. The van der Waals surface area contributed by atoms with Crippen molar-refractivity contribution >= 4 is 28.5 Å². The molecule has 1 N–H and O–H groups in total. The van der Waals surface area contributed by atoms with Gasteiger partial charge in [-0.05, 0) is 23.0 Å². The van der Waals surface area contributed by atoms with Gasteiger partial charge in [0, 0.05) is 12.8 Å². The molecule has 5 nitrogen and oxygen atoms in total. The van der Waals surface area contributed by atoms with Crippen molar-refractivity contribution in [3.05, 3.63) is 0 Å². The predicted molar refractivity (Wildman–Crippen MR) is 61.4 cm³/mol. The van der Waals surface area contributed by atoms with Crippen molar-refractivity contribution in [3.8, 4) is 0 Å². The Hall–Kier alpha value is -0.940. The van der Waals surface area contributed by atoms with E-state index in [1.165, 1.54) is 6.42 Å². The summed E-state index contributed by atoms with van der Waals surface area (Å²) in [6.45, 7) is 0. The van der Waals surface area contributed by atoms with E-state index in [-0.39, 0.29) is 21.6 Å². The Morgan fingerprint density at radius 3 is 2.50 bits per heavy atom. The molecule has 0 aromatic rings. The molecule has 0 bridgehead atoms. The van der Waals surface area contributed by atoms with Gasteiger partial charge in [-0.3, -0.25) is 0 Å². The second kappa shape index (κ2) is 4.14. The molecule has 1 atom stereocenters. The van der Waals surface area contributed by atoms with E-state index in [2.05, 4.69) is 10.2 Å². The number of rotatable bonds is 2. The molecule has 0 radical (unpaired) electrons. The first-order chi connectivity index (χ1) is 7.53. The van der Waals surface area contributed by atoms with Crippen LogP contribution in [0.5, 0.6) is 0 Å². The molecule has 1 unspecified atom stereocenters. The summed E-state index contributed by atoms with van der Waals surface area (Å²) >= 11 is 5.80. The minimum atomic E-state index is -1.11. The van der Waals surface area contributed by atoms with Gasteiger partial charge in [-0.2, -0.15) is 0 Å². The molecule has 1 aliphatic carbocycles. The molecule has 1 saturated carbocycles. The van der Waals surface area contributed by atoms with E-state index in [1.54, 1.807) is 0 Å². The zero-order valence-electron chi connectivity index (χ0n) is 9.19. The summed E-state index contributed by atoms with van der Waals surface area (Å²) in [7, 11) is 1.81. The largest absolute Gasteiger partial charge is 0.476 e. The van der Waals surface area contributed by atoms with Gasteiger partial charge in [0.15, 0.2) is 0 Å². The molecule has 0 aromatic heterocycles. The first kappa shape index (κ1) is 11.5. The molecule has 1 heterocycles. The van der Waals surface area contributed by atoms with Crippen LogP contribution in [0.2, 0.25) is 0 Å². The van der Waals surface area contributed by atoms with Crippen molar-refractivity contribution in [1.82, 2.24) is 0 Å². The Balaban J connectivity index is 2.24. The summed E-state index contributed by atoms with van der Waals surface area (Å²) in [5.41, 5.74) is -0.116. The maximum atomic E-state index is 10.9. The lowest BCUT2D eigenvalue weighted by Gasteiger charge is -2.30. The Bertz CT molecular complexity index is 374. The molecule has 0 amide bonds. The number of halogens is 1. The van der Waals surface area contributed by atoms with E-state index in [0.717, 1.165) is 25.7 Å². The molecule has 1 fully saturated rings. The molecule has 6 heteroatoms. The SMILES string of the molecule is C[N+]1(C2CCCCC2)N=C(Cl)C(C(=O)O)=N1. The summed E-state index contributed by atoms with van der Waals surface area (Å²) in [6.07, 6.45) is 5.61. The number of quaternary nitrogens is 1. The monoisotopic (exact) mass is 244 g/mol. The maximum absolute atomic E-state index is 10.9. The van der Waals surface area contributed by atoms with Crippen LogP contribution in [0.25, 0.3) is 0 Å². The fourth-order valence-electron chi connectivity index (χ4n) is 2.36. The van der Waals surface area contributed by atoms with E-state index < -0.39 is 5.97 Å². The number of carbonyl (C=O) groups is 1. The second-order valence-electron chi connectivity index (χ2n) is 4.41. The molecule has 1 aliphatic heterocycles. The Morgan fingerprint density at radius 2 is 2.00 bits per heavy atom. The van der Waals surface area contributed by atoms with E-state index in [0.29, 0.717) is 0 Å². The van der Waals surface area contributed by atoms with Crippen LogP contribution in [0, 0.1) is 0 Å². The highest BCUT2D eigenvalue weighted by Gasteiger charge is 2.42. The number of carboxylic acids is 1. The highest BCUT2D eigenvalue weighted by Crippen LogP contribution is 2.31. The lowest BCUT2D eigenvalue weighted by molar-refractivity contribution is -0.945. The quantitative estimate of drug-likeness (QED) is 0.753. The summed E-state index contributed by atoms with van der Waals surface area (Å²) in [4.78, 5) is 10.9. The minimum absolute atomic E-state index is 0.0144. The van der Waals surface area contributed by atoms with E-state index in [1.807, 2.05) is 7.05 Å². The lowest BCUT2D eigenvalue weighted by atomic mass is 9.95. The van der Waals surface area contributed by atoms with Gasteiger partial charge in [0.25, 0.3) is 0 Å². The van der Waals surface area contributed by atoms with Gasteiger partial charge in [0.2, 0.25) is 10.9 Å². The normalized spacial score (nSPS) is 31.1. The Kier molecular flexibility index (Phi) is 2.99. The molecule has 2 aliphatic rings. The molecule has 88 valence electrons. The highest BCUT2D eigenvalue weighted by molar-refractivity contribution is 6.92. The topological polar surface area (TPSA) is 62.0 Å². The minimum Gasteiger partial charge on any atom is -0.476 e. The molecule has 16 heavy (non-hydrogen) atoms. The van der Waals surface area contributed by atoms with Gasteiger partial charge in [-0.25, -0.2) is 4.79 Å². The second-order valence-corrected chi connectivity index (χ2v) is 4.77. The Labute approximate surface area is 99.0 Å². The zero-order chi connectivity index (χ0) is 11.8. The Morgan fingerprint density at radius 1 is 1.38 bits per heavy atom. The van der Waals surface area contributed by atoms with Gasteiger partial charge < -0.3 is 5.11 Å². The van der Waals surface area contributed by atoms with Crippen LogP contribution in [-0.2, 0) is 4.79 Å². The van der Waals surface area contributed by atoms with E-state index in [4.69, 9.17) is 16.7 Å². The predicted octanol–water partition coefficient (Wildman–Crippen LogP) is 1.77. The summed E-state index contributed by atoms with van der Waals surface area (Å²) < 4.78 is 0.0560. The van der Waals surface area contributed by atoms with E-state index >= 15 is 0 Å². The summed E-state index contributed by atoms with van der Waals surface area (Å²) in [5, 5.41) is 17.2. The smallest absolute Gasteiger partial charge is 0.363 e. The van der Waals surface area contributed by atoms with Crippen molar-refractivity contribution < 1.29 is 14.6 Å². The van der Waals surface area contributed by atoms with Gasteiger partial charge in [0.05, 0.1) is 0 Å². The number of hydrogen-bond acceptors (Lipinski definition) is 3. The van der Waals surface area contributed by atoms with Crippen LogP contribution in [-0.4, -0.2) is 39.7 Å². The van der Waals surface area contributed by atoms with Crippen LogP contribution in [0.4, 0.5) is 0 Å². The zero-order valence-corrected chi connectivity index (χ0v) is 9.94.